The van der Waals surface area contributed by atoms with Crippen molar-refractivity contribution in [3.63, 3.8) is 0 Å². The van der Waals surface area contributed by atoms with Crippen LogP contribution in [0.5, 0.6) is 17.2 Å². The summed E-state index contributed by atoms with van der Waals surface area (Å²) in [5.41, 5.74) is 7.00. The van der Waals surface area contributed by atoms with Crippen molar-refractivity contribution < 1.29 is 9.47 Å². The highest BCUT2D eigenvalue weighted by Crippen LogP contribution is 2.24. The van der Waals surface area contributed by atoms with Crippen LogP contribution in [-0.2, 0) is 6.42 Å². The standard InChI is InChI=1S/C17H21NO2/c1-3-19-15-7-9-16(10-8-15)20-17-6-4-5-14(12-17)11-13(2)18/h4-10,12-13H,3,11,18H2,1-2H3. The number of hydrogen-bond acceptors (Lipinski definition) is 3. The molecule has 0 fully saturated rings. The van der Waals surface area contributed by atoms with Gasteiger partial charge >= 0.3 is 0 Å². The van der Waals surface area contributed by atoms with Crippen molar-refractivity contribution in [3.8, 4) is 17.2 Å². The van der Waals surface area contributed by atoms with Gasteiger partial charge in [0.15, 0.2) is 0 Å². The fourth-order valence-electron chi connectivity index (χ4n) is 2.01. The zero-order chi connectivity index (χ0) is 14.4. The molecule has 106 valence electrons. The molecule has 0 heterocycles. The minimum absolute atomic E-state index is 0.149. The largest absolute Gasteiger partial charge is 0.494 e. The summed E-state index contributed by atoms with van der Waals surface area (Å²) in [6.07, 6.45) is 0.848. The van der Waals surface area contributed by atoms with Crippen LogP contribution in [0.4, 0.5) is 0 Å². The first-order chi connectivity index (χ1) is 9.67. The van der Waals surface area contributed by atoms with E-state index in [1.54, 1.807) is 0 Å². The molecule has 3 nitrogen and oxygen atoms in total. The van der Waals surface area contributed by atoms with Gasteiger partial charge in [0.05, 0.1) is 6.61 Å². The van der Waals surface area contributed by atoms with Gasteiger partial charge in [0.1, 0.15) is 17.2 Å². The van der Waals surface area contributed by atoms with Crippen molar-refractivity contribution in [2.75, 3.05) is 6.61 Å². The second-order valence-corrected chi connectivity index (χ2v) is 4.84. The van der Waals surface area contributed by atoms with Crippen molar-refractivity contribution in [3.05, 3.63) is 54.1 Å². The van der Waals surface area contributed by atoms with Gasteiger partial charge in [-0.2, -0.15) is 0 Å². The molecule has 0 aliphatic heterocycles. The van der Waals surface area contributed by atoms with Gasteiger partial charge in [-0.25, -0.2) is 0 Å². The van der Waals surface area contributed by atoms with Gasteiger partial charge in [-0.15, -0.1) is 0 Å². The van der Waals surface area contributed by atoms with Gasteiger partial charge in [-0.3, -0.25) is 0 Å². The average Bonchev–Trinajstić information content (AvgIpc) is 2.41. The van der Waals surface area contributed by atoms with Crippen molar-refractivity contribution >= 4 is 0 Å². The van der Waals surface area contributed by atoms with E-state index in [0.717, 1.165) is 23.7 Å². The van der Waals surface area contributed by atoms with Crippen LogP contribution >= 0.6 is 0 Å². The van der Waals surface area contributed by atoms with Crippen LogP contribution in [0.2, 0.25) is 0 Å². The molecule has 0 aliphatic carbocycles. The predicted molar refractivity (Wildman–Crippen MR) is 81.5 cm³/mol. The Morgan fingerprint density at radius 1 is 1.00 bits per heavy atom. The highest BCUT2D eigenvalue weighted by Gasteiger charge is 2.02. The fraction of sp³-hybridized carbons (Fsp3) is 0.294. The minimum atomic E-state index is 0.149. The maximum Gasteiger partial charge on any atom is 0.127 e. The summed E-state index contributed by atoms with van der Waals surface area (Å²) in [6.45, 7) is 4.63. The topological polar surface area (TPSA) is 44.5 Å². The SMILES string of the molecule is CCOc1ccc(Oc2cccc(CC(C)N)c2)cc1. The molecule has 2 aromatic carbocycles. The smallest absolute Gasteiger partial charge is 0.127 e. The van der Waals surface area contributed by atoms with E-state index in [4.69, 9.17) is 15.2 Å². The van der Waals surface area contributed by atoms with E-state index < -0.39 is 0 Å². The summed E-state index contributed by atoms with van der Waals surface area (Å²) in [6, 6.07) is 15.8. The molecular weight excluding hydrogens is 250 g/mol. The van der Waals surface area contributed by atoms with E-state index in [9.17, 15) is 0 Å². The van der Waals surface area contributed by atoms with Crippen molar-refractivity contribution in [2.24, 2.45) is 5.73 Å². The molecule has 2 aromatic rings. The van der Waals surface area contributed by atoms with Crippen molar-refractivity contribution in [1.82, 2.24) is 0 Å². The van der Waals surface area contributed by atoms with E-state index in [-0.39, 0.29) is 6.04 Å². The number of nitrogens with two attached hydrogens (primary N) is 1. The quantitative estimate of drug-likeness (QED) is 0.869. The zero-order valence-corrected chi connectivity index (χ0v) is 12.0. The Labute approximate surface area is 120 Å². The first kappa shape index (κ1) is 14.4. The van der Waals surface area contributed by atoms with Gasteiger partial charge in [-0.05, 0) is 62.2 Å². The third-order valence-corrected chi connectivity index (χ3v) is 2.83. The Hall–Kier alpha value is -2.00. The summed E-state index contributed by atoms with van der Waals surface area (Å²) in [5, 5.41) is 0. The second kappa shape index (κ2) is 6.96. The molecule has 0 bridgehead atoms. The van der Waals surface area contributed by atoms with E-state index >= 15 is 0 Å². The third kappa shape index (κ3) is 4.28. The lowest BCUT2D eigenvalue weighted by Crippen LogP contribution is -2.17. The van der Waals surface area contributed by atoms with Crippen LogP contribution in [0, 0.1) is 0 Å². The Morgan fingerprint density at radius 3 is 2.35 bits per heavy atom. The van der Waals surface area contributed by atoms with Gasteiger partial charge in [-0.1, -0.05) is 12.1 Å². The average molecular weight is 271 g/mol. The molecule has 0 aliphatic rings. The molecular formula is C17H21NO2. The van der Waals surface area contributed by atoms with Crippen LogP contribution in [0.3, 0.4) is 0 Å². The Bertz CT molecular complexity index is 535. The minimum Gasteiger partial charge on any atom is -0.494 e. The van der Waals surface area contributed by atoms with E-state index in [1.165, 1.54) is 5.56 Å². The van der Waals surface area contributed by atoms with E-state index in [0.29, 0.717) is 6.61 Å². The lowest BCUT2D eigenvalue weighted by Gasteiger charge is -2.10. The van der Waals surface area contributed by atoms with Crippen LogP contribution in [0.1, 0.15) is 19.4 Å². The Morgan fingerprint density at radius 2 is 1.70 bits per heavy atom. The van der Waals surface area contributed by atoms with E-state index in [1.807, 2.05) is 56.3 Å². The molecule has 2 N–H and O–H groups in total. The van der Waals surface area contributed by atoms with Crippen LogP contribution in [0.15, 0.2) is 48.5 Å². The molecule has 0 saturated heterocycles. The van der Waals surface area contributed by atoms with Crippen LogP contribution < -0.4 is 15.2 Å². The summed E-state index contributed by atoms with van der Waals surface area (Å²) in [5.74, 6) is 2.48. The molecule has 3 heteroatoms. The Kier molecular flexibility index (Phi) is 5.02. The highest BCUT2D eigenvalue weighted by molar-refractivity contribution is 5.37. The van der Waals surface area contributed by atoms with Gasteiger partial charge < -0.3 is 15.2 Å². The van der Waals surface area contributed by atoms with Gasteiger partial charge in [0, 0.05) is 6.04 Å². The molecule has 1 unspecified atom stereocenters. The first-order valence-electron chi connectivity index (χ1n) is 6.92. The van der Waals surface area contributed by atoms with Crippen molar-refractivity contribution in [1.29, 1.82) is 0 Å². The number of benzene rings is 2. The summed E-state index contributed by atoms with van der Waals surface area (Å²) >= 11 is 0. The molecule has 0 spiro atoms. The lowest BCUT2D eigenvalue weighted by molar-refractivity contribution is 0.339. The Balaban J connectivity index is 2.05. The number of ether oxygens (including phenoxy) is 2. The normalized spacial score (nSPS) is 11.9. The molecule has 1 atom stereocenters. The maximum atomic E-state index is 5.84. The maximum absolute atomic E-state index is 5.84. The van der Waals surface area contributed by atoms with Crippen LogP contribution in [-0.4, -0.2) is 12.6 Å². The number of hydrogen-bond donors (Lipinski definition) is 1. The second-order valence-electron chi connectivity index (χ2n) is 4.84. The third-order valence-electron chi connectivity index (χ3n) is 2.83. The van der Waals surface area contributed by atoms with E-state index in [2.05, 4.69) is 6.07 Å². The molecule has 20 heavy (non-hydrogen) atoms. The zero-order valence-electron chi connectivity index (χ0n) is 12.0. The van der Waals surface area contributed by atoms with Gasteiger partial charge in [0.2, 0.25) is 0 Å². The first-order valence-corrected chi connectivity index (χ1v) is 6.92. The predicted octanol–water partition coefficient (Wildman–Crippen LogP) is 3.77. The van der Waals surface area contributed by atoms with Gasteiger partial charge in [0.25, 0.3) is 0 Å². The molecule has 0 aromatic heterocycles. The molecule has 2 rings (SSSR count). The van der Waals surface area contributed by atoms with Crippen LogP contribution in [0.25, 0.3) is 0 Å². The van der Waals surface area contributed by atoms with Crippen molar-refractivity contribution in [2.45, 2.75) is 26.3 Å². The summed E-state index contributed by atoms with van der Waals surface area (Å²) < 4.78 is 11.2. The molecule has 0 saturated carbocycles. The monoisotopic (exact) mass is 271 g/mol. The molecule has 0 radical (unpaired) electrons. The fourth-order valence-corrected chi connectivity index (χ4v) is 2.01. The lowest BCUT2D eigenvalue weighted by atomic mass is 10.1. The summed E-state index contributed by atoms with van der Waals surface area (Å²) in [7, 11) is 0. The molecule has 0 amide bonds. The highest BCUT2D eigenvalue weighted by atomic mass is 16.5. The summed E-state index contributed by atoms with van der Waals surface area (Å²) in [4.78, 5) is 0. The number of rotatable bonds is 6.